The van der Waals surface area contributed by atoms with Gasteiger partial charge < -0.3 is 19.1 Å². The topological polar surface area (TPSA) is 100 Å². The Bertz CT molecular complexity index is 2200. The quantitative estimate of drug-likeness (QED) is 0.155. The van der Waals surface area contributed by atoms with Gasteiger partial charge in [-0.05, 0) is 139 Å². The summed E-state index contributed by atoms with van der Waals surface area (Å²) in [6, 6.07) is 19.1. The minimum atomic E-state index is -0.562. The number of ether oxygens (including phenoxy) is 1. The van der Waals surface area contributed by atoms with E-state index in [-0.39, 0.29) is 17.2 Å². The second kappa shape index (κ2) is 16.3. The number of hydrogen-bond donors (Lipinski definition) is 0. The lowest BCUT2D eigenvalue weighted by molar-refractivity contribution is -0.0140. The number of halogens is 2. The van der Waals surface area contributed by atoms with Crippen molar-refractivity contribution in [2.24, 2.45) is 0 Å². The Balaban J connectivity index is 0.000000171. The summed E-state index contributed by atoms with van der Waals surface area (Å²) in [5.41, 5.74) is 6.56. The molecule has 0 aliphatic carbocycles. The number of benzene rings is 3. The molecule has 8 rings (SSSR count). The molecule has 3 aromatic carbocycles. The lowest BCUT2D eigenvalue weighted by Crippen LogP contribution is -2.37. The smallest absolute Gasteiger partial charge is 0.256 e. The molecule has 5 aromatic rings. The fourth-order valence-corrected chi connectivity index (χ4v) is 8.35. The highest BCUT2D eigenvalue weighted by molar-refractivity contribution is 5.79. The van der Waals surface area contributed by atoms with Crippen LogP contribution in [0.3, 0.4) is 0 Å². The molecule has 11 heteroatoms. The van der Waals surface area contributed by atoms with Crippen LogP contribution in [0.15, 0.2) is 70.0 Å². The zero-order valence-electron chi connectivity index (χ0n) is 31.4. The average Bonchev–Trinajstić information content (AvgIpc) is 3.77. The number of nitrogens with zero attached hydrogens (tertiary/aromatic N) is 6. The number of aryl methyl sites for hydroxylation is 2. The molecule has 0 unspecified atom stereocenters. The zero-order valence-corrected chi connectivity index (χ0v) is 31.4. The van der Waals surface area contributed by atoms with Gasteiger partial charge in [-0.25, -0.2) is 13.8 Å². The van der Waals surface area contributed by atoms with Crippen LogP contribution < -0.4 is 5.56 Å². The van der Waals surface area contributed by atoms with Gasteiger partial charge in [0.05, 0.1) is 23.9 Å². The molecule has 3 aliphatic rings. The van der Waals surface area contributed by atoms with Crippen molar-refractivity contribution in [3.63, 3.8) is 0 Å². The van der Waals surface area contributed by atoms with Crippen LogP contribution in [0, 0.1) is 29.9 Å². The van der Waals surface area contributed by atoms with Crippen LogP contribution in [-0.2, 0) is 36.3 Å². The third-order valence-corrected chi connectivity index (χ3v) is 11.3. The number of nitriles is 1. The van der Waals surface area contributed by atoms with E-state index in [1.165, 1.54) is 24.3 Å². The highest BCUT2D eigenvalue weighted by atomic mass is 19.1. The highest BCUT2D eigenvalue weighted by Gasteiger charge is 2.41. The van der Waals surface area contributed by atoms with E-state index in [0.29, 0.717) is 23.7 Å². The molecule has 0 N–H and O–H groups in total. The SMILES string of the molecule is CN(C)CCC[C@@]1(c2ccc(F)cc2)OCc2cc(C#N)ccc21.Cc1nc2n(c(=O)c1CCN1CCC(c3noc4cc(F)ccc34)CC1)CCCC2. The molecule has 9 nitrogen and oxygen atoms in total. The molecule has 5 heterocycles. The Morgan fingerprint density at radius 3 is 2.54 bits per heavy atom. The van der Waals surface area contributed by atoms with Crippen molar-refractivity contribution in [3.8, 4) is 6.07 Å². The molecule has 0 amide bonds. The molecule has 1 fully saturated rings. The molecule has 282 valence electrons. The molecule has 1 atom stereocenters. The third kappa shape index (κ3) is 7.88. The number of piperidine rings is 1. The van der Waals surface area contributed by atoms with E-state index >= 15 is 0 Å². The summed E-state index contributed by atoms with van der Waals surface area (Å²) in [4.78, 5) is 22.2. The monoisotopic (exact) mass is 734 g/mol. The fraction of sp³-hybridized carbons (Fsp3) is 0.442. The molecule has 54 heavy (non-hydrogen) atoms. The van der Waals surface area contributed by atoms with E-state index in [0.717, 1.165) is 129 Å². The van der Waals surface area contributed by atoms with Crippen LogP contribution in [0.25, 0.3) is 11.0 Å². The van der Waals surface area contributed by atoms with Crippen molar-refractivity contribution >= 4 is 11.0 Å². The lowest BCUT2D eigenvalue weighted by atomic mass is 9.81. The zero-order chi connectivity index (χ0) is 37.8. The average molecular weight is 735 g/mol. The maximum atomic E-state index is 13.4. The van der Waals surface area contributed by atoms with Crippen LogP contribution >= 0.6 is 0 Å². The number of hydrogen-bond acceptors (Lipinski definition) is 8. The van der Waals surface area contributed by atoms with Crippen LogP contribution in [0.2, 0.25) is 0 Å². The van der Waals surface area contributed by atoms with Crippen LogP contribution in [0.1, 0.15) is 89.5 Å². The minimum absolute atomic E-state index is 0.161. The number of aromatic nitrogens is 3. The molecular weight excluding hydrogens is 687 g/mol. The molecule has 0 bridgehead atoms. The predicted molar refractivity (Wildman–Crippen MR) is 203 cm³/mol. The summed E-state index contributed by atoms with van der Waals surface area (Å²) in [5.74, 6) is 0.724. The summed E-state index contributed by atoms with van der Waals surface area (Å²) < 4.78 is 40.3. The van der Waals surface area contributed by atoms with Gasteiger partial charge in [-0.2, -0.15) is 5.26 Å². The summed E-state index contributed by atoms with van der Waals surface area (Å²) in [7, 11) is 4.10. The standard InChI is InChI=1S/C23H27FN4O2.C20H21FN2O/c1-15-18(23(29)28-10-3-2-4-21(28)25-15)9-13-27-11-7-16(8-12-27)22-19-6-5-17(24)14-20(19)30-26-22;1-23(2)11-3-10-20(17-5-7-18(21)8-6-17)19-9-4-15(13-22)12-16(19)14-24-20/h5-6,14,16H,2-4,7-13H2,1H3;4-9,12H,3,10-11,14H2,1-2H3/t;20-/m.0/s1. The number of likely N-dealkylation sites (tertiary alicyclic amines) is 1. The Hall–Kier alpha value is -4.76. The first-order chi connectivity index (χ1) is 26.1. The van der Waals surface area contributed by atoms with Gasteiger partial charge in [-0.15, -0.1) is 0 Å². The predicted octanol–water partition coefficient (Wildman–Crippen LogP) is 7.40. The molecule has 0 radical (unpaired) electrons. The van der Waals surface area contributed by atoms with Crippen LogP contribution in [-0.4, -0.2) is 64.8 Å². The highest BCUT2D eigenvalue weighted by Crippen LogP contribution is 2.45. The van der Waals surface area contributed by atoms with E-state index in [4.69, 9.17) is 19.5 Å². The van der Waals surface area contributed by atoms with Gasteiger partial charge in [0.2, 0.25) is 0 Å². The van der Waals surface area contributed by atoms with Crippen molar-refractivity contribution < 1.29 is 18.0 Å². The van der Waals surface area contributed by atoms with Gasteiger partial charge in [-0.3, -0.25) is 9.36 Å². The second-order valence-electron chi connectivity index (χ2n) is 15.1. The van der Waals surface area contributed by atoms with Crippen molar-refractivity contribution in [2.75, 3.05) is 40.3 Å². The van der Waals surface area contributed by atoms with Crippen molar-refractivity contribution in [1.82, 2.24) is 24.5 Å². The number of rotatable bonds is 9. The second-order valence-corrected chi connectivity index (χ2v) is 15.1. The van der Waals surface area contributed by atoms with Crippen molar-refractivity contribution in [3.05, 3.63) is 128 Å². The Kier molecular flexibility index (Phi) is 11.3. The molecular formula is C43H48F2N6O3. The summed E-state index contributed by atoms with van der Waals surface area (Å²) in [6.45, 7) is 6.99. The Labute approximate surface area is 315 Å². The third-order valence-electron chi connectivity index (χ3n) is 11.3. The molecule has 0 saturated carbocycles. The minimum Gasteiger partial charge on any atom is -0.361 e. The summed E-state index contributed by atoms with van der Waals surface area (Å²) in [6.07, 6.45) is 7.59. The van der Waals surface area contributed by atoms with E-state index in [1.54, 1.807) is 18.2 Å². The van der Waals surface area contributed by atoms with Crippen molar-refractivity contribution in [1.29, 1.82) is 5.26 Å². The maximum absolute atomic E-state index is 13.4. The first-order valence-electron chi connectivity index (χ1n) is 19.1. The molecule has 2 aromatic heterocycles. The van der Waals surface area contributed by atoms with Gasteiger partial charge >= 0.3 is 0 Å². The largest absolute Gasteiger partial charge is 0.361 e. The van der Waals surface area contributed by atoms with Gasteiger partial charge in [0.15, 0.2) is 5.58 Å². The van der Waals surface area contributed by atoms with Gasteiger partial charge in [0.1, 0.15) is 23.1 Å². The first kappa shape index (κ1) is 37.6. The van der Waals surface area contributed by atoms with E-state index < -0.39 is 5.60 Å². The maximum Gasteiger partial charge on any atom is 0.256 e. The van der Waals surface area contributed by atoms with E-state index in [9.17, 15) is 13.6 Å². The Morgan fingerprint density at radius 2 is 1.78 bits per heavy atom. The van der Waals surface area contributed by atoms with Crippen LogP contribution in [0.4, 0.5) is 8.78 Å². The Morgan fingerprint density at radius 1 is 1.00 bits per heavy atom. The number of fused-ring (bicyclic) bond motifs is 3. The van der Waals surface area contributed by atoms with Gasteiger partial charge in [0, 0.05) is 48.1 Å². The van der Waals surface area contributed by atoms with Crippen molar-refractivity contribution in [2.45, 2.75) is 83.0 Å². The van der Waals surface area contributed by atoms with E-state index in [1.807, 2.05) is 43.8 Å². The molecule has 1 saturated heterocycles. The fourth-order valence-electron chi connectivity index (χ4n) is 8.35. The lowest BCUT2D eigenvalue weighted by Gasteiger charge is -2.31. The summed E-state index contributed by atoms with van der Waals surface area (Å²) >= 11 is 0. The summed E-state index contributed by atoms with van der Waals surface area (Å²) in [5, 5.41) is 14.3. The molecule has 0 spiro atoms. The molecule has 3 aliphatic heterocycles. The first-order valence-corrected chi connectivity index (χ1v) is 19.1. The van der Waals surface area contributed by atoms with Gasteiger partial charge in [-0.1, -0.05) is 23.4 Å². The van der Waals surface area contributed by atoms with Crippen LogP contribution in [0.5, 0.6) is 0 Å². The van der Waals surface area contributed by atoms with Gasteiger partial charge in [0.25, 0.3) is 5.56 Å². The normalized spacial score (nSPS) is 18.6. The van der Waals surface area contributed by atoms with E-state index in [2.05, 4.69) is 21.0 Å².